The van der Waals surface area contributed by atoms with Crippen LogP contribution in [0.1, 0.15) is 28.7 Å². The summed E-state index contributed by atoms with van der Waals surface area (Å²) >= 11 is 0. The molecule has 1 heterocycles. The van der Waals surface area contributed by atoms with Gasteiger partial charge in [-0.05, 0) is 37.5 Å². The number of hydrogen-bond acceptors (Lipinski definition) is 3. The van der Waals surface area contributed by atoms with Gasteiger partial charge in [-0.2, -0.15) is 0 Å². The molecule has 1 aliphatic rings. The van der Waals surface area contributed by atoms with E-state index in [9.17, 15) is 4.79 Å². The van der Waals surface area contributed by atoms with Crippen LogP contribution in [0.5, 0.6) is 0 Å². The molecule has 3 nitrogen and oxygen atoms in total. The quantitative estimate of drug-likeness (QED) is 0.902. The molecule has 0 amide bonds. The van der Waals surface area contributed by atoms with E-state index < -0.39 is 0 Å². The van der Waals surface area contributed by atoms with Crippen molar-refractivity contribution in [3.63, 3.8) is 0 Å². The highest BCUT2D eigenvalue weighted by atomic mass is 16.5. The van der Waals surface area contributed by atoms with E-state index in [2.05, 4.69) is 38.2 Å². The van der Waals surface area contributed by atoms with Crippen LogP contribution in [0.4, 0.5) is 0 Å². The average molecular weight is 261 g/mol. The Bertz CT molecular complexity index is 439. The first-order valence-corrected chi connectivity index (χ1v) is 6.97. The summed E-state index contributed by atoms with van der Waals surface area (Å²) in [7, 11) is 0. The van der Waals surface area contributed by atoms with Gasteiger partial charge in [0.2, 0.25) is 0 Å². The summed E-state index contributed by atoms with van der Waals surface area (Å²) in [5.41, 5.74) is 4.87. The number of ether oxygens (including phenoxy) is 1. The van der Waals surface area contributed by atoms with Crippen molar-refractivity contribution < 1.29 is 9.53 Å². The Kier molecular flexibility index (Phi) is 4.72. The zero-order valence-electron chi connectivity index (χ0n) is 12.1. The van der Waals surface area contributed by atoms with Crippen LogP contribution in [-0.2, 0) is 16.0 Å². The van der Waals surface area contributed by atoms with Gasteiger partial charge in [-0.3, -0.25) is 4.79 Å². The third-order valence-corrected chi connectivity index (χ3v) is 3.67. The lowest BCUT2D eigenvalue weighted by Crippen LogP contribution is -2.39. The summed E-state index contributed by atoms with van der Waals surface area (Å²) in [6.07, 6.45) is 1.09. The van der Waals surface area contributed by atoms with E-state index in [4.69, 9.17) is 4.74 Å². The molecule has 1 N–H and O–H groups in total. The maximum Gasteiger partial charge on any atom is 0.139 e. The highest BCUT2D eigenvalue weighted by Gasteiger charge is 2.18. The molecule has 1 unspecified atom stereocenters. The predicted molar refractivity (Wildman–Crippen MR) is 76.6 cm³/mol. The molecule has 104 valence electrons. The Balaban J connectivity index is 1.98. The number of benzene rings is 1. The number of ketones is 1. The zero-order chi connectivity index (χ0) is 13.8. The largest absolute Gasteiger partial charge is 0.375 e. The van der Waals surface area contributed by atoms with Crippen LogP contribution in [0.15, 0.2) is 12.1 Å². The van der Waals surface area contributed by atoms with E-state index in [-0.39, 0.29) is 11.9 Å². The Labute approximate surface area is 115 Å². The Morgan fingerprint density at radius 2 is 2.00 bits per heavy atom. The van der Waals surface area contributed by atoms with Gasteiger partial charge in [-0.15, -0.1) is 0 Å². The second kappa shape index (κ2) is 6.31. The fourth-order valence-corrected chi connectivity index (χ4v) is 2.76. The number of morpholine rings is 1. The number of carbonyl (C=O) groups excluding carboxylic acids is 1. The van der Waals surface area contributed by atoms with Crippen LogP contribution in [0.25, 0.3) is 0 Å². The zero-order valence-corrected chi connectivity index (χ0v) is 12.1. The number of rotatable bonds is 4. The van der Waals surface area contributed by atoms with Crippen LogP contribution in [0, 0.1) is 20.8 Å². The molecule has 0 bridgehead atoms. The van der Waals surface area contributed by atoms with E-state index in [1.54, 1.807) is 0 Å². The molecule has 3 heteroatoms. The van der Waals surface area contributed by atoms with Crippen LogP contribution in [0.2, 0.25) is 0 Å². The first kappa shape index (κ1) is 14.2. The van der Waals surface area contributed by atoms with Crippen molar-refractivity contribution in [1.82, 2.24) is 5.32 Å². The van der Waals surface area contributed by atoms with Crippen molar-refractivity contribution >= 4 is 5.78 Å². The number of nitrogens with one attached hydrogen (secondary N) is 1. The Morgan fingerprint density at radius 3 is 2.58 bits per heavy atom. The van der Waals surface area contributed by atoms with Crippen molar-refractivity contribution in [2.75, 3.05) is 19.7 Å². The first-order valence-electron chi connectivity index (χ1n) is 6.97. The second-order valence-electron chi connectivity index (χ2n) is 5.49. The molecule has 0 saturated carbocycles. The normalized spacial score (nSPS) is 19.4. The minimum Gasteiger partial charge on any atom is -0.375 e. The van der Waals surface area contributed by atoms with Crippen LogP contribution >= 0.6 is 0 Å². The number of aryl methyl sites for hydroxylation is 3. The van der Waals surface area contributed by atoms with Crippen molar-refractivity contribution in [3.05, 3.63) is 34.4 Å². The van der Waals surface area contributed by atoms with Crippen molar-refractivity contribution in [2.24, 2.45) is 0 Å². The molecule has 1 aromatic rings. The van der Waals surface area contributed by atoms with Gasteiger partial charge in [0.1, 0.15) is 5.78 Å². The molecule has 2 rings (SSSR count). The summed E-state index contributed by atoms with van der Waals surface area (Å²) in [6, 6.07) is 4.29. The van der Waals surface area contributed by atoms with Crippen molar-refractivity contribution in [2.45, 2.75) is 39.7 Å². The number of carbonyl (C=O) groups is 1. The molecule has 0 aromatic heterocycles. The highest BCUT2D eigenvalue weighted by molar-refractivity contribution is 5.82. The van der Waals surface area contributed by atoms with Crippen LogP contribution < -0.4 is 5.32 Å². The summed E-state index contributed by atoms with van der Waals surface area (Å²) in [6.45, 7) is 8.65. The molecular weight excluding hydrogens is 238 g/mol. The number of hydrogen-bond donors (Lipinski definition) is 1. The average Bonchev–Trinajstić information content (AvgIpc) is 2.35. The molecule has 0 aliphatic carbocycles. The Hall–Kier alpha value is -1.19. The van der Waals surface area contributed by atoms with Crippen molar-refractivity contribution in [1.29, 1.82) is 0 Å². The second-order valence-corrected chi connectivity index (χ2v) is 5.49. The lowest BCUT2D eigenvalue weighted by atomic mass is 9.94. The van der Waals surface area contributed by atoms with Gasteiger partial charge in [-0.1, -0.05) is 17.7 Å². The standard InChI is InChI=1S/C16H23NO2/c1-11-6-12(2)16(13(3)7-11)9-14(18)8-15-10-17-4-5-19-15/h6-7,15,17H,4-5,8-10H2,1-3H3. The summed E-state index contributed by atoms with van der Waals surface area (Å²) in [5.74, 6) is 0.267. The first-order chi connectivity index (χ1) is 9.06. The fraction of sp³-hybridized carbons (Fsp3) is 0.562. The van der Waals surface area contributed by atoms with Crippen LogP contribution in [0.3, 0.4) is 0 Å². The van der Waals surface area contributed by atoms with Gasteiger partial charge in [0.15, 0.2) is 0 Å². The minimum absolute atomic E-state index is 0.0484. The topological polar surface area (TPSA) is 38.3 Å². The summed E-state index contributed by atoms with van der Waals surface area (Å²) < 4.78 is 5.58. The lowest BCUT2D eigenvalue weighted by Gasteiger charge is -2.23. The third kappa shape index (κ3) is 3.88. The molecule has 0 radical (unpaired) electrons. The minimum atomic E-state index is 0.0484. The molecule has 19 heavy (non-hydrogen) atoms. The molecule has 1 aromatic carbocycles. The van der Waals surface area contributed by atoms with Crippen LogP contribution in [-0.4, -0.2) is 31.6 Å². The summed E-state index contributed by atoms with van der Waals surface area (Å²) in [4.78, 5) is 12.2. The fourth-order valence-electron chi connectivity index (χ4n) is 2.76. The molecule has 0 spiro atoms. The summed E-state index contributed by atoms with van der Waals surface area (Å²) in [5, 5.41) is 3.26. The molecule has 1 fully saturated rings. The SMILES string of the molecule is Cc1cc(C)c(CC(=O)CC2CNCCO2)c(C)c1. The van der Waals surface area contributed by atoms with Gasteiger partial charge in [-0.25, -0.2) is 0 Å². The maximum absolute atomic E-state index is 12.2. The third-order valence-electron chi connectivity index (χ3n) is 3.67. The predicted octanol–water partition coefficient (Wildman–Crippen LogP) is 2.10. The highest BCUT2D eigenvalue weighted by Crippen LogP contribution is 2.18. The van der Waals surface area contributed by atoms with E-state index in [1.807, 2.05) is 0 Å². The number of Topliss-reactive ketones (excluding diaryl/α,β-unsaturated/α-hetero) is 1. The van der Waals surface area contributed by atoms with E-state index in [0.717, 1.165) is 13.1 Å². The lowest BCUT2D eigenvalue weighted by molar-refractivity contribution is -0.121. The molecule has 1 atom stereocenters. The smallest absolute Gasteiger partial charge is 0.139 e. The van der Waals surface area contributed by atoms with E-state index >= 15 is 0 Å². The maximum atomic E-state index is 12.2. The van der Waals surface area contributed by atoms with Gasteiger partial charge in [0.05, 0.1) is 12.7 Å². The molecule has 1 saturated heterocycles. The molecular formula is C16H23NO2. The van der Waals surface area contributed by atoms with Gasteiger partial charge in [0, 0.05) is 25.9 Å². The van der Waals surface area contributed by atoms with E-state index in [0.29, 0.717) is 19.4 Å². The van der Waals surface area contributed by atoms with Gasteiger partial charge in [0.25, 0.3) is 0 Å². The monoisotopic (exact) mass is 261 g/mol. The van der Waals surface area contributed by atoms with Crippen molar-refractivity contribution in [3.8, 4) is 0 Å². The van der Waals surface area contributed by atoms with Gasteiger partial charge < -0.3 is 10.1 Å². The Morgan fingerprint density at radius 1 is 1.32 bits per heavy atom. The molecule has 1 aliphatic heterocycles. The van der Waals surface area contributed by atoms with Gasteiger partial charge >= 0.3 is 0 Å². The van der Waals surface area contributed by atoms with E-state index in [1.165, 1.54) is 22.3 Å².